The summed E-state index contributed by atoms with van der Waals surface area (Å²) in [5, 5.41) is 0.923. The van der Waals surface area contributed by atoms with Crippen molar-refractivity contribution in [2.24, 2.45) is 0 Å². The molecule has 172 valence electrons. The van der Waals surface area contributed by atoms with E-state index < -0.39 is 22.0 Å². The summed E-state index contributed by atoms with van der Waals surface area (Å²) in [5.74, 6) is 5.43. The second-order valence-corrected chi connectivity index (χ2v) is 9.62. The number of hydrogen-bond donors (Lipinski definition) is 2. The molecule has 0 fully saturated rings. The van der Waals surface area contributed by atoms with Gasteiger partial charge in [-0.1, -0.05) is 47.7 Å². The maximum absolute atomic E-state index is 13.0. The quantitative estimate of drug-likeness (QED) is 0.329. The number of H-pyrrole nitrogens is 1. The maximum atomic E-state index is 13.0. The van der Waals surface area contributed by atoms with Gasteiger partial charge in [0.2, 0.25) is 10.0 Å². The monoisotopic (exact) mass is 472 g/mol. The van der Waals surface area contributed by atoms with E-state index in [0.29, 0.717) is 5.56 Å². The van der Waals surface area contributed by atoms with Gasteiger partial charge < -0.3 is 9.72 Å². The number of rotatable bonds is 6. The molecule has 4 rings (SSSR count). The van der Waals surface area contributed by atoms with Crippen molar-refractivity contribution in [1.82, 2.24) is 9.71 Å². The Morgan fingerprint density at radius 1 is 0.971 bits per heavy atom. The largest absolute Gasteiger partial charge is 0.468 e. The fourth-order valence-corrected chi connectivity index (χ4v) is 4.77. The lowest BCUT2D eigenvalue weighted by Crippen LogP contribution is -2.42. The van der Waals surface area contributed by atoms with Crippen LogP contribution in [0.25, 0.3) is 10.9 Å². The van der Waals surface area contributed by atoms with Crippen molar-refractivity contribution < 1.29 is 17.9 Å². The molecular formula is C27H24N2O4S. The third-order valence-electron chi connectivity index (χ3n) is 5.45. The third kappa shape index (κ3) is 5.37. The molecule has 0 aliphatic carbocycles. The van der Waals surface area contributed by atoms with E-state index in [1.807, 2.05) is 55.5 Å². The molecule has 0 amide bonds. The van der Waals surface area contributed by atoms with Crippen molar-refractivity contribution >= 4 is 26.9 Å². The van der Waals surface area contributed by atoms with Gasteiger partial charge in [0.25, 0.3) is 0 Å². The van der Waals surface area contributed by atoms with E-state index >= 15 is 0 Å². The van der Waals surface area contributed by atoms with E-state index in [4.69, 9.17) is 4.74 Å². The van der Waals surface area contributed by atoms with Crippen molar-refractivity contribution in [1.29, 1.82) is 0 Å². The highest BCUT2D eigenvalue weighted by molar-refractivity contribution is 7.89. The van der Waals surface area contributed by atoms with E-state index in [0.717, 1.165) is 27.6 Å². The van der Waals surface area contributed by atoms with Crippen LogP contribution in [-0.2, 0) is 26.0 Å². The standard InChI is InChI=1S/C27H24N2O4S/c1-19-7-9-20(10-8-19)11-12-21-13-15-23(16-14-21)34(31,32)29-26(27(30)33-2)17-22-18-28-25-6-4-3-5-24(22)25/h3-10,13-16,18,26,28-29H,17H2,1-2H3/t26-/m1/s1. The Labute approximate surface area is 199 Å². The number of ether oxygens (including phenoxy) is 1. The number of esters is 1. The molecule has 0 saturated carbocycles. The molecule has 34 heavy (non-hydrogen) atoms. The van der Waals surface area contributed by atoms with Gasteiger partial charge in [0.05, 0.1) is 12.0 Å². The van der Waals surface area contributed by atoms with E-state index in [9.17, 15) is 13.2 Å². The average Bonchev–Trinajstić information content (AvgIpc) is 3.26. The predicted molar refractivity (Wildman–Crippen MR) is 132 cm³/mol. The number of nitrogens with one attached hydrogen (secondary N) is 2. The minimum Gasteiger partial charge on any atom is -0.468 e. The number of fused-ring (bicyclic) bond motifs is 1. The first-order chi connectivity index (χ1) is 16.4. The summed E-state index contributed by atoms with van der Waals surface area (Å²) >= 11 is 0. The van der Waals surface area contributed by atoms with E-state index in [2.05, 4.69) is 21.5 Å². The van der Waals surface area contributed by atoms with Crippen LogP contribution >= 0.6 is 0 Å². The number of hydrogen-bond acceptors (Lipinski definition) is 4. The van der Waals surface area contributed by atoms with Crippen molar-refractivity contribution in [3.63, 3.8) is 0 Å². The van der Waals surface area contributed by atoms with Crippen molar-refractivity contribution in [2.45, 2.75) is 24.3 Å². The van der Waals surface area contributed by atoms with Crippen molar-refractivity contribution in [3.8, 4) is 11.8 Å². The number of methoxy groups -OCH3 is 1. The van der Waals surface area contributed by atoms with Gasteiger partial charge in [-0.15, -0.1) is 0 Å². The molecule has 1 heterocycles. The molecule has 7 heteroatoms. The summed E-state index contributed by atoms with van der Waals surface area (Å²) in [4.78, 5) is 15.6. The third-order valence-corrected chi connectivity index (χ3v) is 6.94. The van der Waals surface area contributed by atoms with Gasteiger partial charge in [0, 0.05) is 34.6 Å². The maximum Gasteiger partial charge on any atom is 0.324 e. The predicted octanol–water partition coefficient (Wildman–Crippen LogP) is 3.94. The van der Waals surface area contributed by atoms with Crippen molar-refractivity contribution in [2.75, 3.05) is 7.11 Å². The van der Waals surface area contributed by atoms with Crippen LogP contribution < -0.4 is 4.72 Å². The van der Waals surface area contributed by atoms with Gasteiger partial charge in [0.15, 0.2) is 0 Å². The first kappa shape index (κ1) is 23.3. The minimum absolute atomic E-state index is 0.0428. The molecule has 6 nitrogen and oxygen atoms in total. The van der Waals surface area contributed by atoms with Crippen LogP contribution in [0.5, 0.6) is 0 Å². The molecule has 0 aliphatic heterocycles. The van der Waals surface area contributed by atoms with Crippen LogP contribution in [0, 0.1) is 18.8 Å². The number of carbonyl (C=O) groups excluding carboxylic acids is 1. The Hall–Kier alpha value is -3.86. The highest BCUT2D eigenvalue weighted by Crippen LogP contribution is 2.20. The van der Waals surface area contributed by atoms with Gasteiger partial charge in [-0.05, 0) is 55.0 Å². The number of para-hydroxylation sites is 1. The Kier molecular flexibility index (Phi) is 6.82. The second-order valence-electron chi connectivity index (χ2n) is 7.90. The molecule has 2 N–H and O–H groups in total. The second kappa shape index (κ2) is 9.96. The van der Waals surface area contributed by atoms with Gasteiger partial charge in [-0.25, -0.2) is 8.42 Å². The summed E-state index contributed by atoms with van der Waals surface area (Å²) in [6, 6.07) is 20.6. The topological polar surface area (TPSA) is 88.3 Å². The number of aromatic amines is 1. The lowest BCUT2D eigenvalue weighted by atomic mass is 10.1. The van der Waals surface area contributed by atoms with Crippen LogP contribution in [0.1, 0.15) is 22.3 Å². The van der Waals surface area contributed by atoms with Crippen LogP contribution in [0.3, 0.4) is 0 Å². The SMILES string of the molecule is COC(=O)[C@@H](Cc1c[nH]c2ccccc12)NS(=O)(=O)c1ccc(C#Cc2ccc(C)cc2)cc1. The molecule has 1 aromatic heterocycles. The fraction of sp³-hybridized carbons (Fsp3) is 0.148. The molecule has 3 aromatic carbocycles. The molecule has 4 aromatic rings. The number of sulfonamides is 1. The average molecular weight is 473 g/mol. The first-order valence-electron chi connectivity index (χ1n) is 10.7. The summed E-state index contributed by atoms with van der Waals surface area (Å²) < 4.78 is 33.4. The molecule has 0 radical (unpaired) electrons. The highest BCUT2D eigenvalue weighted by atomic mass is 32.2. The van der Waals surface area contributed by atoms with Crippen molar-refractivity contribution in [3.05, 3.63) is 101 Å². The Morgan fingerprint density at radius 2 is 1.59 bits per heavy atom. The van der Waals surface area contributed by atoms with Crippen LogP contribution in [0.15, 0.2) is 83.9 Å². The minimum atomic E-state index is -3.97. The number of benzene rings is 3. The summed E-state index contributed by atoms with van der Waals surface area (Å²) in [7, 11) is -2.73. The summed E-state index contributed by atoms with van der Waals surface area (Å²) in [5.41, 5.74) is 4.44. The zero-order valence-electron chi connectivity index (χ0n) is 18.8. The number of aryl methyl sites for hydroxylation is 1. The Balaban J connectivity index is 1.52. The van der Waals surface area contributed by atoms with Gasteiger partial charge in [-0.2, -0.15) is 4.72 Å². The Bertz CT molecular complexity index is 1480. The normalized spacial score (nSPS) is 12.1. The zero-order valence-corrected chi connectivity index (χ0v) is 19.6. The van der Waals surface area contributed by atoms with Gasteiger partial charge in [-0.3, -0.25) is 4.79 Å². The molecule has 0 bridgehead atoms. The zero-order chi connectivity index (χ0) is 24.1. The Morgan fingerprint density at radius 3 is 2.24 bits per heavy atom. The van der Waals surface area contributed by atoms with E-state index in [1.54, 1.807) is 18.3 Å². The van der Waals surface area contributed by atoms with Crippen LogP contribution in [0.4, 0.5) is 0 Å². The highest BCUT2D eigenvalue weighted by Gasteiger charge is 2.27. The number of carbonyl (C=O) groups is 1. The molecule has 1 atom stereocenters. The van der Waals surface area contributed by atoms with Gasteiger partial charge >= 0.3 is 5.97 Å². The van der Waals surface area contributed by atoms with Crippen LogP contribution in [-0.4, -0.2) is 32.5 Å². The molecule has 0 unspecified atom stereocenters. The smallest absolute Gasteiger partial charge is 0.324 e. The first-order valence-corrected chi connectivity index (χ1v) is 12.2. The lowest BCUT2D eigenvalue weighted by molar-refractivity contribution is -0.142. The van der Waals surface area contributed by atoms with E-state index in [-0.39, 0.29) is 11.3 Å². The lowest BCUT2D eigenvalue weighted by Gasteiger charge is -2.16. The van der Waals surface area contributed by atoms with Crippen LogP contribution in [0.2, 0.25) is 0 Å². The molecular weight excluding hydrogens is 448 g/mol. The fourth-order valence-electron chi connectivity index (χ4n) is 3.59. The van der Waals surface area contributed by atoms with Gasteiger partial charge in [0.1, 0.15) is 6.04 Å². The molecule has 0 saturated heterocycles. The molecule has 0 aliphatic rings. The summed E-state index contributed by atoms with van der Waals surface area (Å²) in [6.07, 6.45) is 1.92. The van der Waals surface area contributed by atoms with E-state index in [1.165, 1.54) is 19.2 Å². The number of aromatic nitrogens is 1. The summed E-state index contributed by atoms with van der Waals surface area (Å²) in [6.45, 7) is 2.01. The molecule has 0 spiro atoms.